The van der Waals surface area contributed by atoms with Crippen LogP contribution in [0.3, 0.4) is 0 Å². The lowest BCUT2D eigenvalue weighted by atomic mass is 9.96. The molecule has 0 aromatic heterocycles. The Hall–Kier alpha value is -0.130. The first kappa shape index (κ1) is 13.3. The third kappa shape index (κ3) is 3.93. The van der Waals surface area contributed by atoms with E-state index in [-0.39, 0.29) is 0 Å². The van der Waals surface area contributed by atoms with E-state index in [4.69, 9.17) is 4.74 Å². The van der Waals surface area contributed by atoms with Crippen LogP contribution >= 0.6 is 22.6 Å². The molecule has 2 atom stereocenters. The van der Waals surface area contributed by atoms with E-state index in [1.165, 1.54) is 28.4 Å². The zero-order chi connectivity index (χ0) is 12.1. The van der Waals surface area contributed by atoms with Gasteiger partial charge in [0.1, 0.15) is 0 Å². The average molecular weight is 345 g/mol. The Morgan fingerprint density at radius 2 is 2.12 bits per heavy atom. The fourth-order valence-electron chi connectivity index (χ4n) is 2.38. The van der Waals surface area contributed by atoms with Crippen molar-refractivity contribution in [2.24, 2.45) is 0 Å². The maximum Gasteiger partial charge on any atom is 0.0731 e. The molecule has 2 nitrogen and oxygen atoms in total. The largest absolute Gasteiger partial charge is 0.377 e. The van der Waals surface area contributed by atoms with Gasteiger partial charge in [-0.05, 0) is 73.0 Å². The van der Waals surface area contributed by atoms with Gasteiger partial charge in [0.2, 0.25) is 0 Å². The molecule has 1 aliphatic heterocycles. The van der Waals surface area contributed by atoms with Crippen molar-refractivity contribution in [1.82, 2.24) is 5.32 Å². The smallest absolute Gasteiger partial charge is 0.0731 e. The molecule has 0 spiro atoms. The van der Waals surface area contributed by atoms with E-state index in [1.807, 2.05) is 7.05 Å². The van der Waals surface area contributed by atoms with Gasteiger partial charge < -0.3 is 10.1 Å². The van der Waals surface area contributed by atoms with Gasteiger partial charge in [0, 0.05) is 16.2 Å². The van der Waals surface area contributed by atoms with Crippen molar-refractivity contribution in [3.8, 4) is 0 Å². The van der Waals surface area contributed by atoms with Crippen molar-refractivity contribution in [3.05, 3.63) is 33.4 Å². The van der Waals surface area contributed by atoms with Crippen molar-refractivity contribution in [1.29, 1.82) is 0 Å². The summed E-state index contributed by atoms with van der Waals surface area (Å²) < 4.78 is 7.16. The minimum Gasteiger partial charge on any atom is -0.377 e. The second-order valence-corrected chi connectivity index (χ2v) is 5.88. The Bertz CT molecular complexity index is 333. The Morgan fingerprint density at radius 1 is 1.35 bits per heavy atom. The normalized spacial score (nSPS) is 22.4. The van der Waals surface area contributed by atoms with Crippen LogP contribution in [0.5, 0.6) is 0 Å². The van der Waals surface area contributed by atoms with Crippen LogP contribution in [0.2, 0.25) is 0 Å². The molecule has 1 aromatic carbocycles. The number of hydrogen-bond donors (Lipinski definition) is 1. The third-order valence-corrected chi connectivity index (χ3v) is 4.12. The van der Waals surface area contributed by atoms with Gasteiger partial charge in [0.25, 0.3) is 0 Å². The predicted octanol–water partition coefficient (Wildman–Crippen LogP) is 2.99. The molecule has 2 rings (SSSR count). The van der Waals surface area contributed by atoms with Gasteiger partial charge in [-0.15, -0.1) is 0 Å². The lowest BCUT2D eigenvalue weighted by molar-refractivity contribution is -0.00587. The summed E-state index contributed by atoms with van der Waals surface area (Å²) in [5, 5.41) is 3.41. The highest BCUT2D eigenvalue weighted by atomic mass is 127. The maximum absolute atomic E-state index is 5.86. The number of benzene rings is 1. The first-order valence-corrected chi connectivity index (χ1v) is 7.41. The minimum absolute atomic E-state index is 0.382. The summed E-state index contributed by atoms with van der Waals surface area (Å²) in [6.07, 6.45) is 5.15. The van der Waals surface area contributed by atoms with Crippen LogP contribution in [0.1, 0.15) is 24.8 Å². The van der Waals surface area contributed by atoms with Crippen LogP contribution in [-0.4, -0.2) is 25.8 Å². The first-order valence-electron chi connectivity index (χ1n) is 6.33. The van der Waals surface area contributed by atoms with Crippen LogP contribution in [0.4, 0.5) is 0 Å². The summed E-state index contributed by atoms with van der Waals surface area (Å²) in [6, 6.07) is 9.22. The number of ether oxygens (including phenoxy) is 1. The van der Waals surface area contributed by atoms with Crippen LogP contribution in [0.25, 0.3) is 0 Å². The highest BCUT2D eigenvalue weighted by Crippen LogP contribution is 2.19. The number of rotatable bonds is 4. The fourth-order valence-corrected chi connectivity index (χ4v) is 2.74. The van der Waals surface area contributed by atoms with Gasteiger partial charge in [0.15, 0.2) is 0 Å². The number of nitrogens with one attached hydrogen (secondary N) is 1. The van der Waals surface area contributed by atoms with E-state index in [9.17, 15) is 0 Å². The van der Waals surface area contributed by atoms with Gasteiger partial charge in [-0.1, -0.05) is 12.1 Å². The van der Waals surface area contributed by atoms with Crippen molar-refractivity contribution >= 4 is 22.6 Å². The molecule has 1 saturated heterocycles. The monoisotopic (exact) mass is 345 g/mol. The molecule has 0 bridgehead atoms. The summed E-state index contributed by atoms with van der Waals surface area (Å²) in [5.74, 6) is 0. The molecule has 1 heterocycles. The molecular formula is C14H20INO. The number of likely N-dealkylation sites (N-methyl/N-ethyl adjacent to an activating group) is 1. The first-order chi connectivity index (χ1) is 8.29. The lowest BCUT2D eigenvalue weighted by Crippen LogP contribution is -2.42. The highest BCUT2D eigenvalue weighted by molar-refractivity contribution is 14.1. The Morgan fingerprint density at radius 3 is 2.71 bits per heavy atom. The van der Waals surface area contributed by atoms with Crippen molar-refractivity contribution in [3.63, 3.8) is 0 Å². The third-order valence-electron chi connectivity index (χ3n) is 3.40. The topological polar surface area (TPSA) is 21.3 Å². The van der Waals surface area contributed by atoms with Gasteiger partial charge in [-0.25, -0.2) is 0 Å². The van der Waals surface area contributed by atoms with E-state index in [2.05, 4.69) is 52.2 Å². The lowest BCUT2D eigenvalue weighted by Gasteiger charge is -2.30. The maximum atomic E-state index is 5.86. The van der Waals surface area contributed by atoms with Gasteiger partial charge in [-0.2, -0.15) is 0 Å². The highest BCUT2D eigenvalue weighted by Gasteiger charge is 2.23. The van der Waals surface area contributed by atoms with Crippen LogP contribution < -0.4 is 5.32 Å². The molecule has 1 fully saturated rings. The minimum atomic E-state index is 0.382. The van der Waals surface area contributed by atoms with Crippen molar-refractivity contribution in [2.75, 3.05) is 13.7 Å². The SMILES string of the molecule is CNC(Cc1ccc(I)cc1)C1CCCCO1. The van der Waals surface area contributed by atoms with Crippen LogP contribution in [0.15, 0.2) is 24.3 Å². The van der Waals surface area contributed by atoms with Crippen molar-refractivity contribution < 1.29 is 4.74 Å². The summed E-state index contributed by atoms with van der Waals surface area (Å²) in [7, 11) is 2.04. The summed E-state index contributed by atoms with van der Waals surface area (Å²) in [6.45, 7) is 0.926. The second-order valence-electron chi connectivity index (χ2n) is 4.63. The standard InChI is InChI=1S/C14H20INO/c1-16-13(14-4-2-3-9-17-14)10-11-5-7-12(15)8-6-11/h5-8,13-14,16H,2-4,9-10H2,1H3. The van der Waals surface area contributed by atoms with Crippen LogP contribution in [0, 0.1) is 3.57 Å². The molecule has 94 valence electrons. The average Bonchev–Trinajstić information content (AvgIpc) is 2.39. The van der Waals surface area contributed by atoms with Gasteiger partial charge in [-0.3, -0.25) is 0 Å². The Balaban J connectivity index is 1.96. The van der Waals surface area contributed by atoms with Crippen molar-refractivity contribution in [2.45, 2.75) is 37.8 Å². The Labute approximate surface area is 117 Å². The molecule has 1 aliphatic rings. The van der Waals surface area contributed by atoms with E-state index >= 15 is 0 Å². The quantitative estimate of drug-likeness (QED) is 0.848. The van der Waals surface area contributed by atoms with Crippen LogP contribution in [-0.2, 0) is 11.2 Å². The predicted molar refractivity (Wildman–Crippen MR) is 79.3 cm³/mol. The number of hydrogen-bond acceptors (Lipinski definition) is 2. The van der Waals surface area contributed by atoms with Gasteiger partial charge >= 0.3 is 0 Å². The van der Waals surface area contributed by atoms with E-state index in [1.54, 1.807) is 0 Å². The molecule has 2 unspecified atom stereocenters. The fraction of sp³-hybridized carbons (Fsp3) is 0.571. The summed E-state index contributed by atoms with van der Waals surface area (Å²) in [4.78, 5) is 0. The second kappa shape index (κ2) is 6.71. The zero-order valence-electron chi connectivity index (χ0n) is 10.3. The molecule has 17 heavy (non-hydrogen) atoms. The molecule has 0 radical (unpaired) electrons. The van der Waals surface area contributed by atoms with Gasteiger partial charge in [0.05, 0.1) is 6.10 Å². The molecular weight excluding hydrogens is 325 g/mol. The Kier molecular flexibility index (Phi) is 5.25. The molecule has 3 heteroatoms. The van der Waals surface area contributed by atoms with E-state index in [0.29, 0.717) is 12.1 Å². The molecule has 0 saturated carbocycles. The zero-order valence-corrected chi connectivity index (χ0v) is 12.4. The molecule has 0 amide bonds. The molecule has 1 aromatic rings. The number of halogens is 1. The molecule has 1 N–H and O–H groups in total. The summed E-state index contributed by atoms with van der Waals surface area (Å²) >= 11 is 2.34. The van der Waals surface area contributed by atoms with E-state index in [0.717, 1.165) is 13.0 Å². The van der Waals surface area contributed by atoms with E-state index < -0.39 is 0 Å². The summed E-state index contributed by atoms with van der Waals surface area (Å²) in [5.41, 5.74) is 1.39. The molecule has 0 aliphatic carbocycles.